The van der Waals surface area contributed by atoms with E-state index in [4.69, 9.17) is 16.3 Å². The smallest absolute Gasteiger partial charge is 0.224 e. The van der Waals surface area contributed by atoms with E-state index in [1.165, 1.54) is 0 Å². The number of anilines is 1. The predicted molar refractivity (Wildman–Crippen MR) is 80.1 cm³/mol. The number of benzene rings is 1. The van der Waals surface area contributed by atoms with Crippen LogP contribution in [0.5, 0.6) is 5.75 Å². The molecule has 0 aliphatic heterocycles. The van der Waals surface area contributed by atoms with Crippen LogP contribution in [0.3, 0.4) is 0 Å². The van der Waals surface area contributed by atoms with E-state index in [1.54, 1.807) is 13.2 Å². The van der Waals surface area contributed by atoms with Gasteiger partial charge in [-0.3, -0.25) is 4.79 Å². The zero-order valence-corrected chi connectivity index (χ0v) is 12.8. The first-order valence-corrected chi connectivity index (χ1v) is 6.99. The highest BCUT2D eigenvalue weighted by molar-refractivity contribution is 6.31. The fourth-order valence-corrected chi connectivity index (χ4v) is 2.20. The number of hydrogen-bond acceptors (Lipinski definition) is 2. The summed E-state index contributed by atoms with van der Waals surface area (Å²) in [6, 6.07) is 3.56. The van der Waals surface area contributed by atoms with E-state index in [1.807, 2.05) is 13.0 Å². The fourth-order valence-electron chi connectivity index (χ4n) is 2.04. The molecule has 0 aliphatic rings. The molecule has 1 aromatic rings. The van der Waals surface area contributed by atoms with Gasteiger partial charge in [-0.15, -0.1) is 0 Å². The maximum absolute atomic E-state index is 12.0. The monoisotopic (exact) mass is 283 g/mol. The van der Waals surface area contributed by atoms with Gasteiger partial charge in [-0.1, -0.05) is 38.3 Å². The highest BCUT2D eigenvalue weighted by atomic mass is 35.5. The summed E-state index contributed by atoms with van der Waals surface area (Å²) in [5.74, 6) is 0.998. The summed E-state index contributed by atoms with van der Waals surface area (Å²) in [6.07, 6.45) is 2.68. The van der Waals surface area contributed by atoms with Crippen LogP contribution in [-0.4, -0.2) is 13.0 Å². The SMILES string of the molecule is CCCC(C)CC(=O)Nc1cc(C)c(Cl)cc1OC. The topological polar surface area (TPSA) is 38.3 Å². The molecule has 19 heavy (non-hydrogen) atoms. The molecule has 1 rings (SSSR count). The normalized spacial score (nSPS) is 12.1. The minimum atomic E-state index is 0.0148. The largest absolute Gasteiger partial charge is 0.495 e. The van der Waals surface area contributed by atoms with E-state index >= 15 is 0 Å². The van der Waals surface area contributed by atoms with Crippen molar-refractivity contribution in [3.8, 4) is 5.75 Å². The third-order valence-corrected chi connectivity index (χ3v) is 3.48. The Labute approximate surface area is 120 Å². The van der Waals surface area contributed by atoms with E-state index < -0.39 is 0 Å². The Kier molecular flexibility index (Phi) is 6.16. The Balaban J connectivity index is 2.76. The summed E-state index contributed by atoms with van der Waals surface area (Å²) in [6.45, 7) is 6.12. The minimum absolute atomic E-state index is 0.0148. The summed E-state index contributed by atoms with van der Waals surface area (Å²) in [5, 5.41) is 3.53. The van der Waals surface area contributed by atoms with Crippen LogP contribution in [0, 0.1) is 12.8 Å². The number of ether oxygens (including phenoxy) is 1. The van der Waals surface area contributed by atoms with Crippen LogP contribution in [0.4, 0.5) is 5.69 Å². The number of carbonyl (C=O) groups is 1. The predicted octanol–water partition coefficient (Wildman–Crippen LogP) is 4.42. The molecule has 106 valence electrons. The Bertz CT molecular complexity index is 446. The van der Waals surface area contributed by atoms with Crippen LogP contribution >= 0.6 is 11.6 Å². The van der Waals surface area contributed by atoms with Gasteiger partial charge in [0, 0.05) is 17.5 Å². The number of methoxy groups -OCH3 is 1. The molecule has 1 unspecified atom stereocenters. The van der Waals surface area contributed by atoms with Crippen molar-refractivity contribution >= 4 is 23.2 Å². The third-order valence-electron chi connectivity index (χ3n) is 3.07. The second kappa shape index (κ2) is 7.39. The zero-order chi connectivity index (χ0) is 14.4. The molecular formula is C15H22ClNO2. The summed E-state index contributed by atoms with van der Waals surface area (Å²) >= 11 is 6.03. The molecule has 1 N–H and O–H groups in total. The number of rotatable bonds is 6. The Morgan fingerprint density at radius 1 is 1.47 bits per heavy atom. The number of halogens is 1. The van der Waals surface area contributed by atoms with E-state index in [-0.39, 0.29) is 5.91 Å². The fraction of sp³-hybridized carbons (Fsp3) is 0.533. The number of nitrogens with one attached hydrogen (secondary N) is 1. The molecule has 0 fully saturated rings. The van der Waals surface area contributed by atoms with Gasteiger partial charge >= 0.3 is 0 Å². The van der Waals surface area contributed by atoms with Crippen molar-refractivity contribution in [3.05, 3.63) is 22.7 Å². The summed E-state index contributed by atoms with van der Waals surface area (Å²) in [5.41, 5.74) is 1.59. The Morgan fingerprint density at radius 2 is 2.16 bits per heavy atom. The van der Waals surface area contributed by atoms with Gasteiger partial charge in [0.25, 0.3) is 0 Å². The molecule has 0 heterocycles. The van der Waals surface area contributed by atoms with Crippen LogP contribution in [0.25, 0.3) is 0 Å². The van der Waals surface area contributed by atoms with Gasteiger partial charge in [-0.25, -0.2) is 0 Å². The van der Waals surface area contributed by atoms with E-state index in [9.17, 15) is 4.79 Å². The van der Waals surface area contributed by atoms with Crippen molar-refractivity contribution in [2.24, 2.45) is 5.92 Å². The lowest BCUT2D eigenvalue weighted by atomic mass is 10.0. The van der Waals surface area contributed by atoms with Crippen LogP contribution in [0.1, 0.15) is 38.7 Å². The highest BCUT2D eigenvalue weighted by Crippen LogP contribution is 2.31. The molecule has 4 heteroatoms. The van der Waals surface area contributed by atoms with Gasteiger partial charge in [-0.2, -0.15) is 0 Å². The first-order chi connectivity index (χ1) is 8.97. The number of aryl methyl sites for hydroxylation is 1. The van der Waals surface area contributed by atoms with Crippen molar-refractivity contribution in [2.45, 2.75) is 40.0 Å². The minimum Gasteiger partial charge on any atom is -0.495 e. The molecule has 0 aromatic heterocycles. The second-order valence-corrected chi connectivity index (χ2v) is 5.36. The molecule has 0 bridgehead atoms. The van der Waals surface area contributed by atoms with Crippen molar-refractivity contribution in [3.63, 3.8) is 0 Å². The van der Waals surface area contributed by atoms with Gasteiger partial charge in [0.15, 0.2) is 0 Å². The first kappa shape index (κ1) is 15.8. The second-order valence-electron chi connectivity index (χ2n) is 4.95. The van der Waals surface area contributed by atoms with Crippen LogP contribution < -0.4 is 10.1 Å². The zero-order valence-electron chi connectivity index (χ0n) is 12.0. The number of carbonyl (C=O) groups excluding carboxylic acids is 1. The maximum Gasteiger partial charge on any atom is 0.224 e. The quantitative estimate of drug-likeness (QED) is 0.839. The van der Waals surface area contributed by atoms with Crippen molar-refractivity contribution in [2.75, 3.05) is 12.4 Å². The summed E-state index contributed by atoms with van der Waals surface area (Å²) < 4.78 is 5.24. The van der Waals surface area contributed by atoms with E-state index in [2.05, 4.69) is 19.2 Å². The van der Waals surface area contributed by atoms with Crippen molar-refractivity contribution < 1.29 is 9.53 Å². The molecule has 1 amide bonds. The number of hydrogen-bond donors (Lipinski definition) is 1. The Morgan fingerprint density at radius 3 is 2.74 bits per heavy atom. The van der Waals surface area contributed by atoms with E-state index in [0.717, 1.165) is 18.4 Å². The van der Waals surface area contributed by atoms with Gasteiger partial charge in [0.2, 0.25) is 5.91 Å². The molecule has 0 saturated carbocycles. The highest BCUT2D eigenvalue weighted by Gasteiger charge is 2.12. The average Bonchev–Trinajstić information content (AvgIpc) is 2.33. The van der Waals surface area contributed by atoms with Crippen molar-refractivity contribution in [1.82, 2.24) is 0 Å². The standard InChI is InChI=1S/C15H22ClNO2/c1-5-6-10(2)7-15(18)17-13-8-11(3)12(16)9-14(13)19-4/h8-10H,5-7H2,1-4H3,(H,17,18). The van der Waals surface area contributed by atoms with Gasteiger partial charge < -0.3 is 10.1 Å². The third kappa shape index (κ3) is 4.75. The lowest BCUT2D eigenvalue weighted by Gasteiger charge is -2.14. The number of amides is 1. The molecule has 0 radical (unpaired) electrons. The molecule has 3 nitrogen and oxygen atoms in total. The molecule has 0 saturated heterocycles. The molecule has 0 aliphatic carbocycles. The van der Waals surface area contributed by atoms with Gasteiger partial charge in [-0.05, 0) is 24.5 Å². The van der Waals surface area contributed by atoms with Crippen LogP contribution in [-0.2, 0) is 4.79 Å². The Hall–Kier alpha value is -1.22. The van der Waals surface area contributed by atoms with E-state index in [0.29, 0.717) is 28.8 Å². The molecular weight excluding hydrogens is 262 g/mol. The van der Waals surface area contributed by atoms with Gasteiger partial charge in [0.1, 0.15) is 5.75 Å². The first-order valence-electron chi connectivity index (χ1n) is 6.61. The lowest BCUT2D eigenvalue weighted by Crippen LogP contribution is -2.15. The average molecular weight is 284 g/mol. The molecule has 1 atom stereocenters. The van der Waals surface area contributed by atoms with Crippen molar-refractivity contribution in [1.29, 1.82) is 0 Å². The maximum atomic E-state index is 12.0. The molecule has 0 spiro atoms. The lowest BCUT2D eigenvalue weighted by molar-refractivity contribution is -0.117. The summed E-state index contributed by atoms with van der Waals surface area (Å²) in [7, 11) is 1.57. The van der Waals surface area contributed by atoms with Crippen LogP contribution in [0.15, 0.2) is 12.1 Å². The van der Waals surface area contributed by atoms with Gasteiger partial charge in [0.05, 0.1) is 12.8 Å². The summed E-state index contributed by atoms with van der Waals surface area (Å²) in [4.78, 5) is 12.0. The van der Waals surface area contributed by atoms with Crippen LogP contribution in [0.2, 0.25) is 5.02 Å². The molecule has 1 aromatic carbocycles.